The van der Waals surface area contributed by atoms with E-state index in [2.05, 4.69) is 35.1 Å². The van der Waals surface area contributed by atoms with Crippen LogP contribution in [-0.4, -0.2) is 15.7 Å². The van der Waals surface area contributed by atoms with E-state index in [0.29, 0.717) is 12.0 Å². The van der Waals surface area contributed by atoms with Crippen molar-refractivity contribution in [3.63, 3.8) is 0 Å². The van der Waals surface area contributed by atoms with E-state index in [9.17, 15) is 4.79 Å². The van der Waals surface area contributed by atoms with Crippen LogP contribution in [0, 0.1) is 18.3 Å². The number of carbonyl (C=O) groups excluding carboxylic acids is 1. The molecule has 0 unspecified atom stereocenters. The molecule has 3 rings (SSSR count). The third-order valence-corrected chi connectivity index (χ3v) is 5.90. The van der Waals surface area contributed by atoms with Crippen LogP contribution in [0.15, 0.2) is 6.20 Å². The van der Waals surface area contributed by atoms with Crippen molar-refractivity contribution in [1.82, 2.24) is 9.78 Å². The Hall–Kier alpha value is -1.32. The molecule has 0 bridgehead atoms. The van der Waals surface area contributed by atoms with Crippen LogP contribution in [0.2, 0.25) is 0 Å². The van der Waals surface area contributed by atoms with Gasteiger partial charge in [-0.25, -0.2) is 0 Å². The highest BCUT2D eigenvalue weighted by Gasteiger charge is 2.46. The van der Waals surface area contributed by atoms with E-state index in [4.69, 9.17) is 0 Å². The van der Waals surface area contributed by atoms with Crippen LogP contribution < -0.4 is 5.32 Å². The molecule has 1 N–H and O–H groups in total. The first-order chi connectivity index (χ1) is 10.5. The minimum atomic E-state index is -0.166. The lowest BCUT2D eigenvalue weighted by molar-refractivity contribution is -0.133. The number of nitrogens with one attached hydrogen (secondary N) is 1. The van der Waals surface area contributed by atoms with Crippen LogP contribution in [0.4, 0.5) is 5.82 Å². The summed E-state index contributed by atoms with van der Waals surface area (Å²) in [7, 11) is 0. The van der Waals surface area contributed by atoms with Crippen molar-refractivity contribution in [1.29, 1.82) is 0 Å². The van der Waals surface area contributed by atoms with E-state index in [1.54, 1.807) is 0 Å². The topological polar surface area (TPSA) is 46.9 Å². The molecule has 122 valence electrons. The summed E-state index contributed by atoms with van der Waals surface area (Å²) in [6, 6.07) is 0.515. The van der Waals surface area contributed by atoms with Crippen LogP contribution >= 0.6 is 0 Å². The van der Waals surface area contributed by atoms with Crippen molar-refractivity contribution in [3.05, 3.63) is 11.8 Å². The van der Waals surface area contributed by atoms with Gasteiger partial charge in [0.1, 0.15) is 0 Å². The summed E-state index contributed by atoms with van der Waals surface area (Å²) in [6.07, 6.45) is 11.7. The normalized spacial score (nSPS) is 21.6. The zero-order valence-corrected chi connectivity index (χ0v) is 14.2. The summed E-state index contributed by atoms with van der Waals surface area (Å²) < 4.78 is 2.09. The van der Waals surface area contributed by atoms with Gasteiger partial charge in [0.2, 0.25) is 5.91 Å². The number of carbonyl (C=O) groups is 1. The molecule has 0 aliphatic heterocycles. The van der Waals surface area contributed by atoms with Gasteiger partial charge in [-0.3, -0.25) is 9.48 Å². The molecule has 0 atom stereocenters. The molecular weight excluding hydrogens is 274 g/mol. The van der Waals surface area contributed by atoms with E-state index in [0.717, 1.165) is 24.2 Å². The van der Waals surface area contributed by atoms with Crippen LogP contribution in [0.5, 0.6) is 0 Å². The molecule has 1 aromatic heterocycles. The number of amides is 1. The first-order valence-corrected chi connectivity index (χ1v) is 8.90. The summed E-state index contributed by atoms with van der Waals surface area (Å²) in [6.45, 7) is 6.36. The molecule has 0 saturated heterocycles. The molecule has 0 radical (unpaired) electrons. The standard InChI is InChI=1S/C18H29N3O/c1-13(2)18(10-7-11-18)17(22)19-16-14(3)12-21(20-16)15-8-5-4-6-9-15/h12-13,15H,4-11H2,1-3H3,(H,19,20,22). The average Bonchev–Trinajstić information content (AvgIpc) is 2.79. The van der Waals surface area contributed by atoms with Gasteiger partial charge < -0.3 is 5.32 Å². The molecule has 0 spiro atoms. The maximum absolute atomic E-state index is 12.7. The molecule has 4 heteroatoms. The molecule has 22 heavy (non-hydrogen) atoms. The maximum Gasteiger partial charge on any atom is 0.232 e. The molecule has 1 amide bonds. The molecular formula is C18H29N3O. The van der Waals surface area contributed by atoms with Crippen molar-refractivity contribution in [2.75, 3.05) is 5.32 Å². The lowest BCUT2D eigenvalue weighted by atomic mass is 9.61. The van der Waals surface area contributed by atoms with E-state index in [1.807, 2.05) is 6.92 Å². The summed E-state index contributed by atoms with van der Waals surface area (Å²) in [5, 5.41) is 7.81. The number of hydrogen-bond acceptors (Lipinski definition) is 2. The second-order valence-electron chi connectivity index (χ2n) is 7.55. The zero-order valence-electron chi connectivity index (χ0n) is 14.2. The van der Waals surface area contributed by atoms with Gasteiger partial charge in [-0.1, -0.05) is 39.5 Å². The molecule has 2 saturated carbocycles. The number of nitrogens with zero attached hydrogens (tertiary/aromatic N) is 2. The number of anilines is 1. The smallest absolute Gasteiger partial charge is 0.232 e. The predicted molar refractivity (Wildman–Crippen MR) is 88.8 cm³/mol. The second kappa shape index (κ2) is 6.05. The average molecular weight is 303 g/mol. The third kappa shape index (κ3) is 2.68. The molecule has 2 aliphatic carbocycles. The summed E-state index contributed by atoms with van der Waals surface area (Å²) in [4.78, 5) is 12.7. The monoisotopic (exact) mass is 303 g/mol. The van der Waals surface area contributed by atoms with Gasteiger partial charge in [-0.05, 0) is 38.5 Å². The van der Waals surface area contributed by atoms with Crippen molar-refractivity contribution >= 4 is 11.7 Å². The Kier molecular flexibility index (Phi) is 4.28. The van der Waals surface area contributed by atoms with Gasteiger partial charge in [0.05, 0.1) is 11.5 Å². The maximum atomic E-state index is 12.7. The lowest BCUT2D eigenvalue weighted by Gasteiger charge is -2.43. The van der Waals surface area contributed by atoms with Gasteiger partial charge in [0, 0.05) is 11.8 Å². The number of rotatable bonds is 4. The Balaban J connectivity index is 1.72. The Bertz CT molecular complexity index is 537. The molecule has 4 nitrogen and oxygen atoms in total. The highest BCUT2D eigenvalue weighted by molar-refractivity contribution is 5.95. The van der Waals surface area contributed by atoms with Gasteiger partial charge in [0.15, 0.2) is 5.82 Å². The third-order valence-electron chi connectivity index (χ3n) is 5.90. The summed E-state index contributed by atoms with van der Waals surface area (Å²) in [5.41, 5.74) is 0.915. The minimum Gasteiger partial charge on any atom is -0.308 e. The second-order valence-corrected chi connectivity index (χ2v) is 7.55. The van der Waals surface area contributed by atoms with Gasteiger partial charge >= 0.3 is 0 Å². The van der Waals surface area contributed by atoms with Crippen LogP contribution in [-0.2, 0) is 4.79 Å². The summed E-state index contributed by atoms with van der Waals surface area (Å²) >= 11 is 0. The lowest BCUT2D eigenvalue weighted by Crippen LogP contribution is -2.46. The highest BCUT2D eigenvalue weighted by Crippen LogP contribution is 2.47. The molecule has 2 fully saturated rings. The Morgan fingerprint density at radius 1 is 1.27 bits per heavy atom. The van der Waals surface area contributed by atoms with Crippen LogP contribution in [0.1, 0.15) is 76.8 Å². The predicted octanol–water partition coefficient (Wildman–Crippen LogP) is 4.46. The molecule has 0 aromatic carbocycles. The summed E-state index contributed by atoms with van der Waals surface area (Å²) in [5.74, 6) is 1.33. The molecule has 1 aromatic rings. The van der Waals surface area contributed by atoms with Crippen LogP contribution in [0.3, 0.4) is 0 Å². The fraction of sp³-hybridized carbons (Fsp3) is 0.778. The fourth-order valence-corrected chi connectivity index (χ4v) is 4.00. The van der Waals surface area contributed by atoms with Crippen molar-refractivity contribution in [2.24, 2.45) is 11.3 Å². The number of aryl methyl sites for hydroxylation is 1. The zero-order chi connectivity index (χ0) is 15.7. The Labute approximate surface area is 133 Å². The van der Waals surface area contributed by atoms with Gasteiger partial charge in [-0.15, -0.1) is 0 Å². The molecule has 2 aliphatic rings. The first-order valence-electron chi connectivity index (χ1n) is 8.90. The van der Waals surface area contributed by atoms with Crippen molar-refractivity contribution in [2.45, 2.75) is 78.2 Å². The minimum absolute atomic E-state index is 0.166. The van der Waals surface area contributed by atoms with E-state index in [-0.39, 0.29) is 11.3 Å². The number of aromatic nitrogens is 2. The SMILES string of the molecule is Cc1cn(C2CCCCC2)nc1NC(=O)C1(C(C)C)CCC1. The van der Waals surface area contributed by atoms with E-state index < -0.39 is 0 Å². The van der Waals surface area contributed by atoms with Gasteiger partial charge in [0.25, 0.3) is 0 Å². The first kappa shape index (κ1) is 15.6. The van der Waals surface area contributed by atoms with Crippen molar-refractivity contribution < 1.29 is 4.79 Å². The quantitative estimate of drug-likeness (QED) is 0.892. The molecule has 1 heterocycles. The van der Waals surface area contributed by atoms with E-state index in [1.165, 1.54) is 38.5 Å². The largest absolute Gasteiger partial charge is 0.308 e. The number of hydrogen-bond donors (Lipinski definition) is 1. The van der Waals surface area contributed by atoms with Gasteiger partial charge in [-0.2, -0.15) is 5.10 Å². The van der Waals surface area contributed by atoms with E-state index >= 15 is 0 Å². The Morgan fingerprint density at radius 3 is 2.50 bits per heavy atom. The van der Waals surface area contributed by atoms with Crippen LogP contribution in [0.25, 0.3) is 0 Å². The van der Waals surface area contributed by atoms with Crippen molar-refractivity contribution in [3.8, 4) is 0 Å². The fourth-order valence-electron chi connectivity index (χ4n) is 4.00. The Morgan fingerprint density at radius 2 is 1.95 bits per heavy atom. The highest BCUT2D eigenvalue weighted by atomic mass is 16.2.